The Morgan fingerprint density at radius 3 is 2.59 bits per heavy atom. The van der Waals surface area contributed by atoms with Gasteiger partial charge in [-0.2, -0.15) is 0 Å². The summed E-state index contributed by atoms with van der Waals surface area (Å²) in [5.74, 6) is 0.762. The lowest BCUT2D eigenvalue weighted by Crippen LogP contribution is -2.60. The molecule has 1 aliphatic heterocycles. The molecule has 2 saturated carbocycles. The van der Waals surface area contributed by atoms with Crippen molar-refractivity contribution in [2.45, 2.75) is 58.4 Å². The molecule has 0 aromatic carbocycles. The van der Waals surface area contributed by atoms with Crippen LogP contribution < -0.4 is 0 Å². The molecule has 1 spiro atoms. The van der Waals surface area contributed by atoms with Crippen molar-refractivity contribution in [3.8, 4) is 0 Å². The highest BCUT2D eigenvalue weighted by molar-refractivity contribution is 5.84. The number of methoxy groups -OCH3 is 1. The van der Waals surface area contributed by atoms with Crippen LogP contribution in [0.5, 0.6) is 0 Å². The molecule has 3 fully saturated rings. The first-order chi connectivity index (χ1) is 13.8. The summed E-state index contributed by atoms with van der Waals surface area (Å²) in [6, 6.07) is 0.221. The summed E-state index contributed by atoms with van der Waals surface area (Å²) in [5, 5.41) is 11.0. The third kappa shape index (κ3) is 2.24. The quantitative estimate of drug-likeness (QED) is 0.580. The number of rotatable bonds is 4. The molecule has 1 heterocycles. The monoisotopic (exact) mass is 401 g/mol. The largest absolute Gasteiger partial charge is 0.469 e. The number of nitrogens with zero attached hydrogens (tertiary/aromatic N) is 1. The summed E-state index contributed by atoms with van der Waals surface area (Å²) < 4.78 is 5.23. The van der Waals surface area contributed by atoms with E-state index in [1.54, 1.807) is 5.57 Å². The second kappa shape index (κ2) is 6.40. The van der Waals surface area contributed by atoms with Gasteiger partial charge in [0.15, 0.2) is 0 Å². The molecule has 5 aliphatic rings. The molecule has 0 amide bonds. The number of ether oxygens (including phenoxy) is 1. The van der Waals surface area contributed by atoms with E-state index in [1.165, 1.54) is 12.7 Å². The minimum atomic E-state index is -0.276. The van der Waals surface area contributed by atoms with E-state index in [0.717, 1.165) is 45.1 Å². The van der Waals surface area contributed by atoms with Crippen LogP contribution in [0, 0.1) is 40.4 Å². The molecule has 4 aliphatic carbocycles. The summed E-state index contributed by atoms with van der Waals surface area (Å²) in [5.41, 5.74) is 2.59. The van der Waals surface area contributed by atoms with Gasteiger partial charge in [-0.25, -0.2) is 0 Å². The molecule has 5 heteroatoms. The number of esters is 1. The highest BCUT2D eigenvalue weighted by Crippen LogP contribution is 2.74. The third-order valence-electron chi connectivity index (χ3n) is 9.66. The maximum absolute atomic E-state index is 13.2. The molecule has 5 nitrogen and oxygen atoms in total. The molecule has 29 heavy (non-hydrogen) atoms. The van der Waals surface area contributed by atoms with Gasteiger partial charge in [0.1, 0.15) is 5.78 Å². The van der Waals surface area contributed by atoms with E-state index in [-0.39, 0.29) is 53.1 Å². The van der Waals surface area contributed by atoms with Gasteiger partial charge in [0.2, 0.25) is 0 Å². The molecule has 4 bridgehead atoms. The van der Waals surface area contributed by atoms with Crippen molar-refractivity contribution in [1.82, 2.24) is 4.90 Å². The van der Waals surface area contributed by atoms with E-state index in [1.807, 2.05) is 13.8 Å². The number of carbonyl (C=O) groups excluding carboxylic acids is 2. The van der Waals surface area contributed by atoms with Crippen molar-refractivity contribution >= 4 is 11.8 Å². The van der Waals surface area contributed by atoms with Crippen molar-refractivity contribution in [2.75, 3.05) is 27.3 Å². The minimum absolute atomic E-state index is 0.00398. The van der Waals surface area contributed by atoms with E-state index in [4.69, 9.17) is 4.74 Å². The average molecular weight is 402 g/mol. The number of piperidine rings is 1. The van der Waals surface area contributed by atoms with E-state index in [2.05, 4.69) is 11.9 Å². The number of Topliss-reactive ketones (excluding diaryl/α,β-unsaturated/α-hetero) is 1. The minimum Gasteiger partial charge on any atom is -0.469 e. The Kier molecular flexibility index (Phi) is 4.36. The number of aliphatic hydroxyl groups is 1. The Morgan fingerprint density at radius 2 is 1.93 bits per heavy atom. The molecule has 0 radical (unpaired) electrons. The first-order valence-electron chi connectivity index (χ1n) is 11.5. The van der Waals surface area contributed by atoms with Crippen LogP contribution in [0.1, 0.15) is 52.4 Å². The molecule has 1 N–H and O–H groups in total. The SMILES string of the molecule is COC(=O)[C@@H]1C[C@]23CN(C)[C@@H]4[C@@H](C(=O)C(C)C)C[C@]2(CO)[C@H]4CCC2=C3[C@@H]1CC2. The average Bonchev–Trinajstić information content (AvgIpc) is 3.32. The Labute approximate surface area is 173 Å². The van der Waals surface area contributed by atoms with E-state index >= 15 is 0 Å². The first kappa shape index (κ1) is 19.7. The van der Waals surface area contributed by atoms with E-state index in [9.17, 15) is 14.7 Å². The van der Waals surface area contributed by atoms with Crippen LogP contribution in [0.15, 0.2) is 11.1 Å². The van der Waals surface area contributed by atoms with Gasteiger partial charge in [-0.15, -0.1) is 0 Å². The number of aliphatic hydroxyl groups excluding tert-OH is 1. The van der Waals surface area contributed by atoms with Crippen LogP contribution in [-0.4, -0.2) is 55.1 Å². The molecular formula is C24H35NO4. The predicted molar refractivity (Wildman–Crippen MR) is 109 cm³/mol. The topological polar surface area (TPSA) is 66.8 Å². The van der Waals surface area contributed by atoms with Crippen LogP contribution in [0.4, 0.5) is 0 Å². The summed E-state index contributed by atoms with van der Waals surface area (Å²) in [7, 11) is 3.67. The summed E-state index contributed by atoms with van der Waals surface area (Å²) in [6.45, 7) is 4.99. The lowest BCUT2D eigenvalue weighted by atomic mass is 9.53. The second-order valence-electron chi connectivity index (χ2n) is 10.8. The second-order valence-corrected chi connectivity index (χ2v) is 10.8. The van der Waals surface area contributed by atoms with E-state index in [0.29, 0.717) is 11.7 Å². The molecule has 5 rings (SSSR count). The van der Waals surface area contributed by atoms with Gasteiger partial charge >= 0.3 is 5.97 Å². The fourth-order valence-electron chi connectivity index (χ4n) is 8.81. The van der Waals surface area contributed by atoms with Crippen LogP contribution in [0.25, 0.3) is 0 Å². The van der Waals surface area contributed by atoms with Crippen molar-refractivity contribution in [3.05, 3.63) is 11.1 Å². The Morgan fingerprint density at radius 1 is 1.21 bits per heavy atom. The Bertz CT molecular complexity index is 788. The lowest BCUT2D eigenvalue weighted by Gasteiger charge is -2.56. The van der Waals surface area contributed by atoms with Gasteiger partial charge in [0.25, 0.3) is 0 Å². The molecule has 0 unspecified atom stereocenters. The van der Waals surface area contributed by atoms with Gasteiger partial charge in [-0.3, -0.25) is 9.59 Å². The first-order valence-corrected chi connectivity index (χ1v) is 11.5. The normalized spacial score (nSPS) is 45.5. The zero-order chi connectivity index (χ0) is 20.7. The van der Waals surface area contributed by atoms with Gasteiger partial charge in [-0.1, -0.05) is 25.0 Å². The number of hydrogen-bond acceptors (Lipinski definition) is 5. The van der Waals surface area contributed by atoms with Gasteiger partial charge < -0.3 is 14.7 Å². The molecule has 0 aromatic heterocycles. The number of hydrogen-bond donors (Lipinski definition) is 1. The van der Waals surface area contributed by atoms with Crippen molar-refractivity contribution in [3.63, 3.8) is 0 Å². The predicted octanol–water partition coefficient (Wildman–Crippen LogP) is 2.82. The summed E-state index contributed by atoms with van der Waals surface area (Å²) in [6.07, 6.45) is 5.82. The smallest absolute Gasteiger partial charge is 0.309 e. The van der Waals surface area contributed by atoms with Crippen molar-refractivity contribution in [1.29, 1.82) is 0 Å². The van der Waals surface area contributed by atoms with Crippen LogP contribution in [0.2, 0.25) is 0 Å². The summed E-state index contributed by atoms with van der Waals surface area (Å²) in [4.78, 5) is 28.4. The molecule has 0 aromatic rings. The van der Waals surface area contributed by atoms with E-state index < -0.39 is 0 Å². The van der Waals surface area contributed by atoms with Crippen molar-refractivity contribution < 1.29 is 19.4 Å². The number of carbonyl (C=O) groups is 2. The molecule has 160 valence electrons. The van der Waals surface area contributed by atoms with Gasteiger partial charge in [0, 0.05) is 41.9 Å². The van der Waals surface area contributed by atoms with Crippen LogP contribution in [0.3, 0.4) is 0 Å². The Balaban J connectivity index is 1.68. The zero-order valence-electron chi connectivity index (χ0n) is 18.2. The Hall–Kier alpha value is -1.20. The van der Waals surface area contributed by atoms with Crippen LogP contribution in [-0.2, 0) is 14.3 Å². The van der Waals surface area contributed by atoms with Crippen molar-refractivity contribution in [2.24, 2.45) is 40.4 Å². The summed E-state index contributed by atoms with van der Waals surface area (Å²) >= 11 is 0. The maximum Gasteiger partial charge on any atom is 0.309 e. The van der Waals surface area contributed by atoms with Gasteiger partial charge in [0.05, 0.1) is 13.0 Å². The fraction of sp³-hybridized carbons (Fsp3) is 0.833. The lowest BCUT2D eigenvalue weighted by molar-refractivity contribution is -0.148. The third-order valence-corrected chi connectivity index (χ3v) is 9.66. The number of likely N-dealkylation sites (tertiary alicyclic amines) is 1. The standard InChI is InChI=1S/C24H35NO4/c1-13(2)21(27)17-10-24(12-26)18-8-6-14-5-7-15-16(22(28)29-4)9-23(24,19(14)15)11-25(3)20(17)18/h13,15-18,20,26H,5-12H2,1-4H3/t15-,16-,17+,18+,20-,23-,24+/m1/s1. The van der Waals surface area contributed by atoms with Gasteiger partial charge in [-0.05, 0) is 57.4 Å². The maximum atomic E-state index is 13.2. The van der Waals surface area contributed by atoms with Crippen LogP contribution >= 0.6 is 0 Å². The molecule has 1 saturated heterocycles. The number of allylic oxidation sites excluding steroid dienone is 1. The molecular weight excluding hydrogens is 366 g/mol. The highest BCUT2D eigenvalue weighted by Gasteiger charge is 2.74. The fourth-order valence-corrected chi connectivity index (χ4v) is 8.81. The zero-order valence-corrected chi connectivity index (χ0v) is 18.2. The number of ketones is 1. The molecule has 7 atom stereocenters. The highest BCUT2D eigenvalue weighted by atomic mass is 16.5.